The lowest BCUT2D eigenvalue weighted by Crippen LogP contribution is -2.46. The smallest absolute Gasteiger partial charge is 0.191 e. The number of aliphatic imine (C=N–C) groups is 1. The van der Waals surface area contributed by atoms with Crippen molar-refractivity contribution in [3.05, 3.63) is 11.1 Å². The molecular weight excluding hydrogens is 326 g/mol. The van der Waals surface area contributed by atoms with E-state index in [0.29, 0.717) is 17.8 Å². The van der Waals surface area contributed by atoms with Crippen molar-refractivity contribution in [3.63, 3.8) is 0 Å². The Morgan fingerprint density at radius 2 is 2.26 bits per heavy atom. The molecule has 3 atom stereocenters. The lowest BCUT2D eigenvalue weighted by Gasteiger charge is -2.30. The largest absolute Gasteiger partial charge is 0.354 e. The Morgan fingerprint density at radius 3 is 2.84 bits per heavy atom. The van der Waals surface area contributed by atoms with Gasteiger partial charge in [-0.25, -0.2) is 0 Å². The van der Waals surface area contributed by atoms with Crippen molar-refractivity contribution in [2.75, 3.05) is 19.3 Å². The highest BCUT2D eigenvalue weighted by Gasteiger charge is 2.25. The Kier molecular flexibility index (Phi) is 7.68. The average Bonchev–Trinajstić information content (AvgIpc) is 2.42. The third kappa shape index (κ3) is 6.08. The Hall–Kier alpha value is -0.360. The summed E-state index contributed by atoms with van der Waals surface area (Å²) >= 11 is 3.32. The number of rotatable bonds is 5. The topological polar surface area (TPSA) is 53.5 Å². The predicted molar refractivity (Wildman–Crippen MR) is 87.3 cm³/mol. The summed E-state index contributed by atoms with van der Waals surface area (Å²) in [6.07, 6.45) is 4.31. The van der Waals surface area contributed by atoms with Gasteiger partial charge in [0, 0.05) is 45.9 Å². The van der Waals surface area contributed by atoms with Crippen LogP contribution >= 0.6 is 15.9 Å². The number of halogens is 1. The maximum absolute atomic E-state index is 11.9. The minimum absolute atomic E-state index is 0.334. The van der Waals surface area contributed by atoms with Crippen molar-refractivity contribution >= 4 is 32.7 Å². The molecule has 0 spiro atoms. The Morgan fingerprint density at radius 1 is 1.53 bits per heavy atom. The fourth-order valence-corrected chi connectivity index (χ4v) is 3.81. The van der Waals surface area contributed by atoms with Gasteiger partial charge in [-0.2, -0.15) is 0 Å². The van der Waals surface area contributed by atoms with Crippen LogP contribution in [0.3, 0.4) is 0 Å². The number of guanidine groups is 1. The van der Waals surface area contributed by atoms with E-state index in [1.165, 1.54) is 0 Å². The highest BCUT2D eigenvalue weighted by atomic mass is 79.9. The number of nitrogens with one attached hydrogen (secondary N) is 2. The van der Waals surface area contributed by atoms with Crippen molar-refractivity contribution in [2.24, 2.45) is 4.99 Å². The summed E-state index contributed by atoms with van der Waals surface area (Å²) in [5, 5.41) is 6.94. The molecule has 4 nitrogen and oxygen atoms in total. The normalized spacial score (nSPS) is 25.7. The summed E-state index contributed by atoms with van der Waals surface area (Å²) in [5.74, 6) is 1.54. The number of hydrogen-bond donors (Lipinski definition) is 2. The summed E-state index contributed by atoms with van der Waals surface area (Å²) in [4.78, 5) is 4.20. The van der Waals surface area contributed by atoms with Gasteiger partial charge >= 0.3 is 0 Å². The van der Waals surface area contributed by atoms with Gasteiger partial charge in [0.2, 0.25) is 0 Å². The molecule has 0 aliphatic heterocycles. The van der Waals surface area contributed by atoms with E-state index in [1.54, 1.807) is 7.05 Å². The van der Waals surface area contributed by atoms with Crippen molar-refractivity contribution in [3.8, 4) is 0 Å². The Labute approximate surface area is 127 Å². The van der Waals surface area contributed by atoms with Crippen LogP contribution in [0.1, 0.15) is 32.6 Å². The molecule has 2 N–H and O–H groups in total. The van der Waals surface area contributed by atoms with Gasteiger partial charge in [-0.15, -0.1) is 0 Å². The van der Waals surface area contributed by atoms with Crippen molar-refractivity contribution in [2.45, 2.75) is 43.9 Å². The Balaban J connectivity index is 2.46. The van der Waals surface area contributed by atoms with Crippen molar-refractivity contribution < 1.29 is 4.21 Å². The average molecular weight is 350 g/mol. The van der Waals surface area contributed by atoms with Gasteiger partial charge in [0.05, 0.1) is 0 Å². The molecule has 110 valence electrons. The van der Waals surface area contributed by atoms with Crippen molar-refractivity contribution in [1.82, 2.24) is 10.6 Å². The standard InChI is InChI=1S/C13H24BrN3OS/c1-4-19(18)12-7-5-6-11(8-12)17-13(15-3)16-9-10(2)14/h11-12H,2,4-9H2,1,3H3,(H2,15,16,17). The number of nitrogens with zero attached hydrogens (tertiary/aromatic N) is 1. The van der Waals surface area contributed by atoms with Crippen LogP contribution in [0.5, 0.6) is 0 Å². The quantitative estimate of drug-likeness (QED) is 0.590. The molecule has 0 bridgehead atoms. The third-order valence-corrected chi connectivity index (χ3v) is 5.32. The van der Waals surface area contributed by atoms with Crippen molar-refractivity contribution in [1.29, 1.82) is 0 Å². The molecule has 0 heterocycles. The second-order valence-electron chi connectivity index (χ2n) is 4.74. The molecule has 1 aliphatic rings. The van der Waals surface area contributed by atoms with Crippen LogP contribution in [0.4, 0.5) is 0 Å². The van der Waals surface area contributed by atoms with E-state index in [0.717, 1.165) is 41.9 Å². The first-order chi connectivity index (χ1) is 9.06. The van der Waals surface area contributed by atoms with E-state index in [4.69, 9.17) is 0 Å². The SMILES string of the molecule is C=C(Br)CNC(=NC)NC1CCCC(S(=O)CC)C1. The minimum Gasteiger partial charge on any atom is -0.354 e. The first-order valence-corrected chi connectivity index (χ1v) is 8.92. The molecule has 6 heteroatoms. The molecular formula is C13H24BrN3OS. The van der Waals surface area contributed by atoms with Crippen LogP contribution in [0.2, 0.25) is 0 Å². The summed E-state index contributed by atoms with van der Waals surface area (Å²) in [6.45, 7) is 6.43. The fourth-order valence-electron chi connectivity index (χ4n) is 2.32. The zero-order valence-electron chi connectivity index (χ0n) is 11.7. The maximum Gasteiger partial charge on any atom is 0.191 e. The molecule has 1 aliphatic carbocycles. The molecule has 3 unspecified atom stereocenters. The number of hydrogen-bond acceptors (Lipinski definition) is 2. The van der Waals surface area contributed by atoms with Crippen LogP contribution in [0, 0.1) is 0 Å². The van der Waals surface area contributed by atoms with E-state index < -0.39 is 10.8 Å². The Bertz CT molecular complexity index is 360. The summed E-state index contributed by atoms with van der Waals surface area (Å²) in [7, 11) is 1.08. The van der Waals surface area contributed by atoms with E-state index in [1.807, 2.05) is 6.92 Å². The van der Waals surface area contributed by atoms with Crippen LogP contribution in [0.25, 0.3) is 0 Å². The monoisotopic (exact) mass is 349 g/mol. The molecule has 0 aromatic rings. The molecule has 0 amide bonds. The van der Waals surface area contributed by atoms with E-state index >= 15 is 0 Å². The first kappa shape index (κ1) is 16.7. The van der Waals surface area contributed by atoms with Crippen LogP contribution < -0.4 is 10.6 Å². The van der Waals surface area contributed by atoms with Gasteiger partial charge in [-0.3, -0.25) is 9.20 Å². The molecule has 1 fully saturated rings. The van der Waals surface area contributed by atoms with Gasteiger partial charge in [0.1, 0.15) is 0 Å². The second-order valence-corrected chi connectivity index (χ2v) is 7.87. The summed E-state index contributed by atoms with van der Waals surface area (Å²) in [6, 6.07) is 0.365. The van der Waals surface area contributed by atoms with Gasteiger partial charge in [-0.1, -0.05) is 35.9 Å². The van der Waals surface area contributed by atoms with Crippen LogP contribution in [-0.2, 0) is 10.8 Å². The van der Waals surface area contributed by atoms with Crippen LogP contribution in [0.15, 0.2) is 16.1 Å². The molecule has 0 aromatic heterocycles. The van der Waals surface area contributed by atoms with Gasteiger partial charge < -0.3 is 10.6 Å². The van der Waals surface area contributed by atoms with Gasteiger partial charge in [-0.05, 0) is 19.3 Å². The van der Waals surface area contributed by atoms with E-state index in [9.17, 15) is 4.21 Å². The molecule has 1 rings (SSSR count). The van der Waals surface area contributed by atoms with E-state index in [2.05, 4.69) is 38.1 Å². The predicted octanol–water partition coefficient (Wildman–Crippen LogP) is 2.14. The van der Waals surface area contributed by atoms with E-state index in [-0.39, 0.29) is 0 Å². The van der Waals surface area contributed by atoms with Gasteiger partial charge in [0.15, 0.2) is 5.96 Å². The minimum atomic E-state index is -0.684. The second kappa shape index (κ2) is 8.74. The maximum atomic E-state index is 11.9. The third-order valence-electron chi connectivity index (χ3n) is 3.29. The van der Waals surface area contributed by atoms with Crippen LogP contribution in [-0.4, -0.2) is 40.8 Å². The summed E-state index contributed by atoms with van der Waals surface area (Å²) in [5.41, 5.74) is 0. The highest BCUT2D eigenvalue weighted by molar-refractivity contribution is 9.11. The zero-order chi connectivity index (χ0) is 14.3. The first-order valence-electron chi connectivity index (χ1n) is 6.74. The van der Waals surface area contributed by atoms with Gasteiger partial charge in [0.25, 0.3) is 0 Å². The lowest BCUT2D eigenvalue weighted by atomic mass is 9.95. The molecule has 0 aromatic carbocycles. The lowest BCUT2D eigenvalue weighted by molar-refractivity contribution is 0.414. The molecule has 1 saturated carbocycles. The zero-order valence-corrected chi connectivity index (χ0v) is 14.1. The fraction of sp³-hybridized carbons (Fsp3) is 0.769. The highest BCUT2D eigenvalue weighted by Crippen LogP contribution is 2.22. The molecule has 0 saturated heterocycles. The molecule has 0 radical (unpaired) electrons. The molecule has 19 heavy (non-hydrogen) atoms. The summed E-state index contributed by atoms with van der Waals surface area (Å²) < 4.78 is 12.8.